The molecule has 0 saturated carbocycles. The monoisotopic (exact) mass is 212 g/mol. The maximum Gasteiger partial charge on any atom is 0.215 e. The van der Waals surface area contributed by atoms with Crippen molar-refractivity contribution in [2.45, 2.75) is 5.16 Å². The van der Waals surface area contributed by atoms with Crippen LogP contribution in [0.3, 0.4) is 0 Å². The summed E-state index contributed by atoms with van der Waals surface area (Å²) < 4.78 is 33.5. The summed E-state index contributed by atoms with van der Waals surface area (Å²) >= 11 is 0. The summed E-state index contributed by atoms with van der Waals surface area (Å²) in [6.45, 7) is 0. The molecule has 2 rings (SSSR count). The predicted octanol–water partition coefficient (Wildman–Crippen LogP) is -0.128. The SMILES string of the molecule is Cn1c(S(=O)(=O)[O-])nc2cnccc21. The van der Waals surface area contributed by atoms with Gasteiger partial charge in [0.2, 0.25) is 5.16 Å². The Morgan fingerprint density at radius 1 is 1.50 bits per heavy atom. The van der Waals surface area contributed by atoms with Crippen LogP contribution >= 0.6 is 0 Å². The number of nitrogens with zero attached hydrogens (tertiary/aromatic N) is 3. The number of hydrogen-bond donors (Lipinski definition) is 0. The van der Waals surface area contributed by atoms with Crippen LogP contribution in [0.1, 0.15) is 0 Å². The van der Waals surface area contributed by atoms with Gasteiger partial charge >= 0.3 is 0 Å². The van der Waals surface area contributed by atoms with Crippen molar-refractivity contribution in [2.24, 2.45) is 7.05 Å². The molecule has 0 aliphatic heterocycles. The molecule has 0 N–H and O–H groups in total. The molecule has 0 aliphatic carbocycles. The van der Waals surface area contributed by atoms with Crippen LogP contribution in [0.15, 0.2) is 23.6 Å². The number of hydrogen-bond acceptors (Lipinski definition) is 5. The molecule has 7 heteroatoms. The molecule has 6 nitrogen and oxygen atoms in total. The van der Waals surface area contributed by atoms with E-state index in [0.717, 1.165) is 0 Å². The average Bonchev–Trinajstić information content (AvgIpc) is 2.44. The summed E-state index contributed by atoms with van der Waals surface area (Å²) in [6, 6.07) is 1.59. The molecule has 2 aromatic rings. The molecule has 2 aromatic heterocycles. The van der Waals surface area contributed by atoms with Crippen LogP contribution in [0.4, 0.5) is 0 Å². The van der Waals surface area contributed by atoms with Gasteiger partial charge in [0.1, 0.15) is 5.52 Å². The quantitative estimate of drug-likeness (QED) is 0.614. The topological polar surface area (TPSA) is 87.9 Å². The van der Waals surface area contributed by atoms with Gasteiger partial charge in [-0.3, -0.25) is 4.98 Å². The van der Waals surface area contributed by atoms with E-state index < -0.39 is 15.3 Å². The highest BCUT2D eigenvalue weighted by atomic mass is 32.2. The standard InChI is InChI=1S/C7H7N3O3S/c1-10-6-2-3-8-4-5(6)9-7(10)14(11,12)13/h2-4H,1H3,(H,11,12,13)/p-1. The van der Waals surface area contributed by atoms with Gasteiger partial charge in [0.25, 0.3) is 0 Å². The predicted molar refractivity (Wildman–Crippen MR) is 46.5 cm³/mol. The molecule has 14 heavy (non-hydrogen) atoms. The van der Waals surface area contributed by atoms with Crippen molar-refractivity contribution in [3.63, 3.8) is 0 Å². The molecule has 0 amide bonds. The molecule has 0 unspecified atom stereocenters. The first-order valence-electron chi connectivity index (χ1n) is 3.72. The van der Waals surface area contributed by atoms with Crippen molar-refractivity contribution in [1.82, 2.24) is 14.5 Å². The Labute approximate surface area is 80.0 Å². The van der Waals surface area contributed by atoms with Crippen molar-refractivity contribution in [3.05, 3.63) is 18.5 Å². The highest BCUT2D eigenvalue weighted by molar-refractivity contribution is 7.85. The molecular formula is C7H6N3O3S-. The van der Waals surface area contributed by atoms with Gasteiger partial charge in [-0.25, -0.2) is 13.4 Å². The van der Waals surface area contributed by atoms with E-state index in [1.165, 1.54) is 24.0 Å². The second-order valence-corrected chi connectivity index (χ2v) is 4.05. The highest BCUT2D eigenvalue weighted by Gasteiger charge is 2.12. The Morgan fingerprint density at radius 2 is 2.21 bits per heavy atom. The van der Waals surface area contributed by atoms with E-state index in [0.29, 0.717) is 11.0 Å². The van der Waals surface area contributed by atoms with Crippen molar-refractivity contribution < 1.29 is 13.0 Å². The van der Waals surface area contributed by atoms with E-state index in [-0.39, 0.29) is 0 Å². The van der Waals surface area contributed by atoms with Gasteiger partial charge in [-0.1, -0.05) is 0 Å². The molecule has 0 atom stereocenters. The first kappa shape index (κ1) is 9.10. The summed E-state index contributed by atoms with van der Waals surface area (Å²) in [5.41, 5.74) is 0.957. The van der Waals surface area contributed by atoms with Gasteiger partial charge in [0, 0.05) is 13.2 Å². The number of rotatable bonds is 1. The number of pyridine rings is 1. The van der Waals surface area contributed by atoms with Gasteiger partial charge in [-0.05, 0) is 6.07 Å². The molecule has 0 spiro atoms. The zero-order chi connectivity index (χ0) is 10.3. The average molecular weight is 212 g/mol. The van der Waals surface area contributed by atoms with Gasteiger partial charge in [0.15, 0.2) is 10.1 Å². The highest BCUT2D eigenvalue weighted by Crippen LogP contribution is 2.15. The van der Waals surface area contributed by atoms with E-state index >= 15 is 0 Å². The van der Waals surface area contributed by atoms with Gasteiger partial charge in [-0.2, -0.15) is 0 Å². The lowest BCUT2D eigenvalue weighted by Gasteiger charge is -2.05. The fourth-order valence-corrected chi connectivity index (χ4v) is 1.90. The van der Waals surface area contributed by atoms with Gasteiger partial charge < -0.3 is 9.12 Å². The summed E-state index contributed by atoms with van der Waals surface area (Å²) in [7, 11) is -3.05. The molecule has 0 saturated heterocycles. The largest absolute Gasteiger partial charge is 0.742 e. The molecular weight excluding hydrogens is 206 g/mol. The maximum absolute atomic E-state index is 10.8. The van der Waals surface area contributed by atoms with Crippen LogP contribution in [-0.2, 0) is 17.2 Å². The van der Waals surface area contributed by atoms with Crippen molar-refractivity contribution in [1.29, 1.82) is 0 Å². The molecule has 2 heterocycles. The Hall–Kier alpha value is -1.47. The fraction of sp³-hybridized carbons (Fsp3) is 0.143. The minimum atomic E-state index is -4.52. The molecule has 0 bridgehead atoms. The van der Waals surface area contributed by atoms with Crippen molar-refractivity contribution >= 4 is 21.2 Å². The van der Waals surface area contributed by atoms with Crippen LogP contribution in [0.25, 0.3) is 11.0 Å². The second-order valence-electron chi connectivity index (χ2n) is 2.77. The number of fused-ring (bicyclic) bond motifs is 1. The maximum atomic E-state index is 10.8. The summed E-state index contributed by atoms with van der Waals surface area (Å²) in [5, 5.41) is -0.486. The van der Waals surface area contributed by atoms with Crippen molar-refractivity contribution in [2.75, 3.05) is 0 Å². The summed E-state index contributed by atoms with van der Waals surface area (Å²) in [5.74, 6) is 0. The summed E-state index contributed by atoms with van der Waals surface area (Å²) in [4.78, 5) is 7.46. The van der Waals surface area contributed by atoms with Gasteiger partial charge in [0.05, 0.1) is 11.7 Å². The second kappa shape index (κ2) is 2.76. The Bertz CT molecular complexity index is 587. The molecule has 74 valence electrons. The van der Waals surface area contributed by atoms with Crippen molar-refractivity contribution in [3.8, 4) is 0 Å². The first-order valence-corrected chi connectivity index (χ1v) is 5.13. The minimum Gasteiger partial charge on any atom is -0.742 e. The van der Waals surface area contributed by atoms with Crippen LogP contribution in [-0.4, -0.2) is 27.5 Å². The lowest BCUT2D eigenvalue weighted by molar-refractivity contribution is 0.450. The van der Waals surface area contributed by atoms with E-state index in [1.54, 1.807) is 6.07 Å². The Morgan fingerprint density at radius 3 is 2.79 bits per heavy atom. The number of imidazole rings is 1. The number of aryl methyl sites for hydroxylation is 1. The Balaban J connectivity index is 2.89. The lowest BCUT2D eigenvalue weighted by atomic mass is 10.4. The minimum absolute atomic E-state index is 0.393. The van der Waals surface area contributed by atoms with E-state index in [9.17, 15) is 13.0 Å². The zero-order valence-corrected chi connectivity index (χ0v) is 8.02. The lowest BCUT2D eigenvalue weighted by Crippen LogP contribution is -2.06. The van der Waals surface area contributed by atoms with Crippen LogP contribution in [0, 0.1) is 0 Å². The fourth-order valence-electron chi connectivity index (χ4n) is 1.25. The third kappa shape index (κ3) is 1.26. The molecule has 0 fully saturated rings. The van der Waals surface area contributed by atoms with E-state index in [2.05, 4.69) is 9.97 Å². The van der Waals surface area contributed by atoms with E-state index in [4.69, 9.17) is 0 Å². The van der Waals surface area contributed by atoms with Crippen LogP contribution in [0.2, 0.25) is 0 Å². The zero-order valence-electron chi connectivity index (χ0n) is 7.21. The molecule has 0 aliphatic rings. The van der Waals surface area contributed by atoms with Gasteiger partial charge in [-0.15, -0.1) is 0 Å². The summed E-state index contributed by atoms with van der Waals surface area (Å²) in [6.07, 6.45) is 2.91. The first-order chi connectivity index (χ1) is 6.50. The van der Waals surface area contributed by atoms with E-state index in [1.807, 2.05) is 0 Å². The molecule has 0 radical (unpaired) electrons. The molecule has 0 aromatic carbocycles. The third-order valence-electron chi connectivity index (χ3n) is 1.87. The number of aromatic nitrogens is 3. The Kier molecular flexibility index (Phi) is 1.79. The van der Waals surface area contributed by atoms with Crippen LogP contribution < -0.4 is 0 Å². The smallest absolute Gasteiger partial charge is 0.215 e. The normalized spacial score (nSPS) is 12.1. The third-order valence-corrected chi connectivity index (χ3v) is 2.68. The van der Waals surface area contributed by atoms with Crippen LogP contribution in [0.5, 0.6) is 0 Å².